The summed E-state index contributed by atoms with van der Waals surface area (Å²) in [5.74, 6) is 0.0335. The average Bonchev–Trinajstić information content (AvgIpc) is 2.85. The van der Waals surface area contributed by atoms with Crippen molar-refractivity contribution in [2.75, 3.05) is 0 Å². The van der Waals surface area contributed by atoms with Gasteiger partial charge in [0.2, 0.25) is 0 Å². The van der Waals surface area contributed by atoms with E-state index in [0.717, 1.165) is 10.6 Å². The van der Waals surface area contributed by atoms with E-state index in [2.05, 4.69) is 5.10 Å². The molecule has 0 bridgehead atoms. The minimum atomic E-state index is 0.0335. The monoisotopic (exact) mass is 218 g/mol. The molecule has 2 rings (SSSR count). The summed E-state index contributed by atoms with van der Waals surface area (Å²) in [6.45, 7) is 0. The van der Waals surface area contributed by atoms with Gasteiger partial charge in [0.1, 0.15) is 0 Å². The smallest absolute Gasteiger partial charge is 0.195 e. The lowest BCUT2D eigenvalue weighted by Gasteiger charge is -1.92. The maximum absolute atomic E-state index is 11.6. The topological polar surface area (TPSA) is 34.9 Å². The van der Waals surface area contributed by atoms with Crippen LogP contribution in [0.15, 0.2) is 35.9 Å². The average molecular weight is 218 g/mol. The molecule has 76 valence electrons. The summed E-state index contributed by atoms with van der Waals surface area (Å²) >= 11 is 1.45. The molecule has 0 aromatic carbocycles. The quantitative estimate of drug-likeness (QED) is 0.585. The molecule has 4 heteroatoms. The number of ketones is 1. The molecule has 0 aliphatic carbocycles. The number of allylic oxidation sites excluding steroid dienone is 1. The number of nitrogens with zero attached hydrogens (tertiary/aromatic N) is 2. The number of thiophene rings is 1. The molecule has 0 saturated carbocycles. The van der Waals surface area contributed by atoms with Crippen LogP contribution in [0.5, 0.6) is 0 Å². The van der Waals surface area contributed by atoms with Crippen LogP contribution in [0.4, 0.5) is 0 Å². The summed E-state index contributed by atoms with van der Waals surface area (Å²) in [7, 11) is 1.84. The van der Waals surface area contributed by atoms with Gasteiger partial charge in [0.25, 0.3) is 0 Å². The van der Waals surface area contributed by atoms with Crippen molar-refractivity contribution >= 4 is 23.2 Å². The summed E-state index contributed by atoms with van der Waals surface area (Å²) in [6.07, 6.45) is 5.05. The van der Waals surface area contributed by atoms with Crippen LogP contribution in [-0.2, 0) is 7.05 Å². The van der Waals surface area contributed by atoms with Crippen LogP contribution in [0.25, 0.3) is 6.08 Å². The van der Waals surface area contributed by atoms with Crippen molar-refractivity contribution in [1.29, 1.82) is 0 Å². The van der Waals surface area contributed by atoms with E-state index < -0.39 is 0 Å². The number of carbonyl (C=O) groups is 1. The van der Waals surface area contributed by atoms with Gasteiger partial charge in [0.05, 0.1) is 10.6 Å². The molecule has 0 amide bonds. The first-order valence-electron chi connectivity index (χ1n) is 4.51. The van der Waals surface area contributed by atoms with Crippen LogP contribution in [0.3, 0.4) is 0 Å². The van der Waals surface area contributed by atoms with E-state index in [9.17, 15) is 4.79 Å². The van der Waals surface area contributed by atoms with Crippen molar-refractivity contribution in [3.05, 3.63) is 46.4 Å². The summed E-state index contributed by atoms with van der Waals surface area (Å²) in [5.41, 5.74) is 0.917. The van der Waals surface area contributed by atoms with Gasteiger partial charge in [0, 0.05) is 13.2 Å². The fourth-order valence-electron chi connectivity index (χ4n) is 1.21. The molecule has 0 fully saturated rings. The molecule has 0 radical (unpaired) electrons. The van der Waals surface area contributed by atoms with Crippen LogP contribution in [-0.4, -0.2) is 15.6 Å². The maximum Gasteiger partial charge on any atom is 0.195 e. The lowest BCUT2D eigenvalue weighted by Crippen LogP contribution is -1.94. The molecular formula is C11H10N2OS. The molecule has 0 spiro atoms. The van der Waals surface area contributed by atoms with Gasteiger partial charge in [-0.2, -0.15) is 5.10 Å². The highest BCUT2D eigenvalue weighted by Crippen LogP contribution is 2.10. The number of hydrogen-bond acceptors (Lipinski definition) is 3. The van der Waals surface area contributed by atoms with Crippen LogP contribution in [0, 0.1) is 0 Å². The lowest BCUT2D eigenvalue weighted by molar-refractivity contribution is 0.105. The number of aromatic nitrogens is 2. The van der Waals surface area contributed by atoms with Gasteiger partial charge >= 0.3 is 0 Å². The van der Waals surface area contributed by atoms with Crippen molar-refractivity contribution < 1.29 is 4.79 Å². The van der Waals surface area contributed by atoms with Crippen molar-refractivity contribution in [3.8, 4) is 0 Å². The van der Waals surface area contributed by atoms with E-state index in [-0.39, 0.29) is 5.78 Å². The molecule has 0 N–H and O–H groups in total. The van der Waals surface area contributed by atoms with Gasteiger partial charge < -0.3 is 0 Å². The van der Waals surface area contributed by atoms with E-state index in [1.165, 1.54) is 11.3 Å². The summed E-state index contributed by atoms with van der Waals surface area (Å²) in [4.78, 5) is 12.4. The zero-order chi connectivity index (χ0) is 10.7. The SMILES string of the molecule is Cn1nccc1C=CC(=O)c1cccs1. The van der Waals surface area contributed by atoms with E-state index >= 15 is 0 Å². The van der Waals surface area contributed by atoms with Gasteiger partial charge in [-0.1, -0.05) is 6.07 Å². The zero-order valence-corrected chi connectivity index (χ0v) is 9.07. The molecule has 2 aromatic rings. The molecule has 2 heterocycles. The first kappa shape index (κ1) is 9.86. The zero-order valence-electron chi connectivity index (χ0n) is 8.25. The van der Waals surface area contributed by atoms with E-state index in [0.29, 0.717) is 0 Å². The molecule has 15 heavy (non-hydrogen) atoms. The Morgan fingerprint density at radius 2 is 2.40 bits per heavy atom. The Balaban J connectivity index is 2.13. The van der Waals surface area contributed by atoms with E-state index in [4.69, 9.17) is 0 Å². The third kappa shape index (κ3) is 2.22. The first-order chi connectivity index (χ1) is 7.27. The number of carbonyl (C=O) groups excluding carboxylic acids is 1. The standard InChI is InChI=1S/C11H10N2OS/c1-13-9(6-7-12-13)4-5-10(14)11-3-2-8-15-11/h2-8H,1H3. The van der Waals surface area contributed by atoms with Crippen molar-refractivity contribution in [2.45, 2.75) is 0 Å². The first-order valence-corrected chi connectivity index (χ1v) is 5.39. The normalized spacial score (nSPS) is 11.0. The highest BCUT2D eigenvalue weighted by Gasteiger charge is 2.01. The second kappa shape index (κ2) is 4.23. The molecule has 0 saturated heterocycles. The van der Waals surface area contributed by atoms with Crippen molar-refractivity contribution in [3.63, 3.8) is 0 Å². The highest BCUT2D eigenvalue weighted by atomic mass is 32.1. The second-order valence-corrected chi connectivity index (χ2v) is 4.00. The Morgan fingerprint density at radius 3 is 3.00 bits per heavy atom. The Morgan fingerprint density at radius 1 is 1.53 bits per heavy atom. The van der Waals surface area contributed by atoms with Crippen molar-refractivity contribution in [2.24, 2.45) is 7.05 Å². The fraction of sp³-hybridized carbons (Fsp3) is 0.0909. The predicted molar refractivity (Wildman–Crippen MR) is 60.9 cm³/mol. The summed E-state index contributed by atoms with van der Waals surface area (Å²) < 4.78 is 1.72. The van der Waals surface area contributed by atoms with Crippen LogP contribution >= 0.6 is 11.3 Å². The molecule has 0 aliphatic rings. The Bertz CT molecular complexity index is 482. The Hall–Kier alpha value is -1.68. The van der Waals surface area contributed by atoms with E-state index in [1.54, 1.807) is 23.0 Å². The maximum atomic E-state index is 11.6. The number of rotatable bonds is 3. The van der Waals surface area contributed by atoms with E-state index in [1.807, 2.05) is 30.6 Å². The molecular weight excluding hydrogens is 208 g/mol. The summed E-state index contributed by atoms with van der Waals surface area (Å²) in [6, 6.07) is 5.55. The minimum Gasteiger partial charge on any atom is -0.288 e. The second-order valence-electron chi connectivity index (χ2n) is 3.05. The van der Waals surface area contributed by atoms with Gasteiger partial charge in [-0.05, 0) is 29.7 Å². The third-order valence-electron chi connectivity index (χ3n) is 2.03. The van der Waals surface area contributed by atoms with Gasteiger partial charge in [-0.25, -0.2) is 0 Å². The van der Waals surface area contributed by atoms with Crippen LogP contribution in [0.2, 0.25) is 0 Å². The third-order valence-corrected chi connectivity index (χ3v) is 2.91. The van der Waals surface area contributed by atoms with Gasteiger partial charge in [-0.15, -0.1) is 11.3 Å². The van der Waals surface area contributed by atoms with Crippen LogP contribution < -0.4 is 0 Å². The molecule has 2 aromatic heterocycles. The number of aryl methyl sites for hydroxylation is 1. The minimum absolute atomic E-state index is 0.0335. The lowest BCUT2D eigenvalue weighted by atomic mass is 10.2. The molecule has 0 atom stereocenters. The number of hydrogen-bond donors (Lipinski definition) is 0. The molecule has 3 nitrogen and oxygen atoms in total. The summed E-state index contributed by atoms with van der Waals surface area (Å²) in [5, 5.41) is 5.91. The fourth-order valence-corrected chi connectivity index (χ4v) is 1.85. The molecule has 0 unspecified atom stereocenters. The largest absolute Gasteiger partial charge is 0.288 e. The van der Waals surface area contributed by atoms with Gasteiger partial charge in [0.15, 0.2) is 5.78 Å². The Labute approximate surface area is 91.7 Å². The molecule has 0 aliphatic heterocycles. The predicted octanol–water partition coefficient (Wildman–Crippen LogP) is 2.38. The van der Waals surface area contributed by atoms with Crippen molar-refractivity contribution in [1.82, 2.24) is 9.78 Å². The Kier molecular flexibility index (Phi) is 2.78. The van der Waals surface area contributed by atoms with Gasteiger partial charge in [-0.3, -0.25) is 9.48 Å². The van der Waals surface area contributed by atoms with Crippen LogP contribution in [0.1, 0.15) is 15.4 Å². The highest BCUT2D eigenvalue weighted by molar-refractivity contribution is 7.12.